The van der Waals surface area contributed by atoms with Crippen LogP contribution < -0.4 is 10.2 Å². The van der Waals surface area contributed by atoms with E-state index in [4.69, 9.17) is 0 Å². The normalized spacial score (nSPS) is 15.2. The molecule has 0 radical (unpaired) electrons. The van der Waals surface area contributed by atoms with E-state index in [1.165, 1.54) is 5.69 Å². The van der Waals surface area contributed by atoms with Gasteiger partial charge in [0.05, 0.1) is 5.56 Å². The molecule has 4 rings (SSSR count). The van der Waals surface area contributed by atoms with Crippen LogP contribution in [0.2, 0.25) is 0 Å². The number of benzene rings is 1. The Morgan fingerprint density at radius 2 is 1.79 bits per heavy atom. The van der Waals surface area contributed by atoms with Crippen molar-refractivity contribution in [1.82, 2.24) is 14.3 Å². The van der Waals surface area contributed by atoms with Crippen LogP contribution in [-0.4, -0.2) is 52.9 Å². The number of hydrogen-bond acceptors (Lipinski definition) is 4. The molecule has 0 saturated carbocycles. The molecule has 1 saturated heterocycles. The van der Waals surface area contributed by atoms with Gasteiger partial charge in [-0.05, 0) is 56.8 Å². The molecule has 1 aliphatic rings. The van der Waals surface area contributed by atoms with Crippen LogP contribution in [0.4, 0.5) is 11.4 Å². The molecule has 0 bridgehead atoms. The predicted octanol–water partition coefficient (Wildman–Crippen LogP) is 3.35. The molecule has 0 atom stereocenters. The van der Waals surface area contributed by atoms with Gasteiger partial charge in [0.15, 0.2) is 0 Å². The second-order valence-electron chi connectivity index (χ2n) is 7.38. The van der Waals surface area contributed by atoms with Gasteiger partial charge in [0.2, 0.25) is 0 Å². The average Bonchev–Trinajstić information content (AvgIpc) is 3.13. The number of carbonyl (C=O) groups excluding carboxylic acids is 1. The zero-order valence-electron chi connectivity index (χ0n) is 16.8. The molecule has 6 heteroatoms. The molecule has 1 N–H and O–H groups in total. The Balaban J connectivity index is 1.47. The summed E-state index contributed by atoms with van der Waals surface area (Å²) in [6.07, 6.45) is 1.89. The number of anilines is 2. The van der Waals surface area contributed by atoms with Gasteiger partial charge in [0.25, 0.3) is 5.91 Å². The van der Waals surface area contributed by atoms with Crippen molar-refractivity contribution in [3.8, 4) is 0 Å². The van der Waals surface area contributed by atoms with Crippen molar-refractivity contribution in [2.24, 2.45) is 0 Å². The van der Waals surface area contributed by atoms with Gasteiger partial charge < -0.3 is 19.5 Å². The number of carbonyl (C=O) groups is 1. The summed E-state index contributed by atoms with van der Waals surface area (Å²) in [5.74, 6) is -0.135. The first kappa shape index (κ1) is 18.5. The fourth-order valence-electron chi connectivity index (χ4n) is 3.85. The molecule has 1 amide bonds. The number of likely N-dealkylation sites (N-methyl/N-ethyl adjacent to an activating group) is 1. The van der Waals surface area contributed by atoms with Gasteiger partial charge in [-0.2, -0.15) is 0 Å². The summed E-state index contributed by atoms with van der Waals surface area (Å²) in [6, 6.07) is 12.0. The average molecular weight is 377 g/mol. The maximum atomic E-state index is 12.8. The second kappa shape index (κ2) is 7.64. The summed E-state index contributed by atoms with van der Waals surface area (Å²) in [6.45, 7) is 11.6. The number of hydrogen-bond donors (Lipinski definition) is 1. The lowest BCUT2D eigenvalue weighted by atomic mass is 10.2. The second-order valence-corrected chi connectivity index (χ2v) is 7.38. The van der Waals surface area contributed by atoms with Crippen LogP contribution in [-0.2, 0) is 0 Å². The van der Waals surface area contributed by atoms with E-state index in [1.807, 2.05) is 48.7 Å². The van der Waals surface area contributed by atoms with E-state index in [1.54, 1.807) is 0 Å². The third-order valence-electron chi connectivity index (χ3n) is 5.49. The molecule has 0 spiro atoms. The molecular formula is C22H27N5O. The van der Waals surface area contributed by atoms with Crippen molar-refractivity contribution in [3.05, 3.63) is 59.5 Å². The molecule has 0 aliphatic carbocycles. The van der Waals surface area contributed by atoms with Gasteiger partial charge in [-0.1, -0.05) is 6.92 Å². The van der Waals surface area contributed by atoms with Crippen molar-refractivity contribution in [3.63, 3.8) is 0 Å². The Morgan fingerprint density at radius 1 is 1.07 bits per heavy atom. The van der Waals surface area contributed by atoms with Crippen LogP contribution in [0.5, 0.6) is 0 Å². The van der Waals surface area contributed by atoms with Crippen molar-refractivity contribution in [2.45, 2.75) is 20.8 Å². The molecule has 1 aliphatic heterocycles. The summed E-state index contributed by atoms with van der Waals surface area (Å²) in [5.41, 5.74) is 5.26. The fourth-order valence-corrected chi connectivity index (χ4v) is 3.85. The quantitative estimate of drug-likeness (QED) is 0.758. The molecule has 146 valence electrons. The van der Waals surface area contributed by atoms with Crippen molar-refractivity contribution in [1.29, 1.82) is 0 Å². The predicted molar refractivity (Wildman–Crippen MR) is 113 cm³/mol. The Labute approximate surface area is 165 Å². The van der Waals surface area contributed by atoms with Crippen molar-refractivity contribution in [2.75, 3.05) is 42.9 Å². The first-order valence-electron chi connectivity index (χ1n) is 9.89. The summed E-state index contributed by atoms with van der Waals surface area (Å²) < 4.78 is 1.95. The minimum atomic E-state index is -0.135. The Morgan fingerprint density at radius 3 is 2.46 bits per heavy atom. The molecule has 3 aromatic rings. The molecule has 0 unspecified atom stereocenters. The monoisotopic (exact) mass is 377 g/mol. The number of amides is 1. The molecule has 1 aromatic carbocycles. The lowest BCUT2D eigenvalue weighted by molar-refractivity contribution is 0.102. The van der Waals surface area contributed by atoms with Crippen LogP contribution in [0.1, 0.15) is 28.7 Å². The van der Waals surface area contributed by atoms with E-state index < -0.39 is 0 Å². The minimum absolute atomic E-state index is 0.135. The lowest BCUT2D eigenvalue weighted by Crippen LogP contribution is -2.46. The smallest absolute Gasteiger partial charge is 0.259 e. The van der Waals surface area contributed by atoms with E-state index >= 15 is 0 Å². The largest absolute Gasteiger partial charge is 0.369 e. The number of nitrogens with one attached hydrogen (secondary N) is 1. The Bertz CT molecular complexity index is 984. The highest BCUT2D eigenvalue weighted by Crippen LogP contribution is 2.21. The number of piperazine rings is 1. The molecule has 1 fully saturated rings. The Kier molecular flexibility index (Phi) is 5.05. The van der Waals surface area contributed by atoms with E-state index in [0.717, 1.165) is 49.8 Å². The highest BCUT2D eigenvalue weighted by molar-refractivity contribution is 6.08. The van der Waals surface area contributed by atoms with E-state index in [-0.39, 0.29) is 5.91 Å². The van der Waals surface area contributed by atoms with E-state index in [2.05, 4.69) is 39.2 Å². The molecule has 3 heterocycles. The minimum Gasteiger partial charge on any atom is -0.369 e. The van der Waals surface area contributed by atoms with Crippen molar-refractivity contribution >= 4 is 22.9 Å². The van der Waals surface area contributed by atoms with E-state index in [0.29, 0.717) is 11.2 Å². The maximum Gasteiger partial charge on any atom is 0.259 e. The van der Waals surface area contributed by atoms with Gasteiger partial charge in [-0.15, -0.1) is 0 Å². The molecular weight excluding hydrogens is 350 g/mol. The number of nitrogens with zero attached hydrogens (tertiary/aromatic N) is 4. The van der Waals surface area contributed by atoms with Crippen LogP contribution in [0.25, 0.3) is 5.65 Å². The standard InChI is InChI=1S/C22H27N5O/c1-4-25-11-13-26(14-12-25)19-7-5-18(6-8-19)24-22(28)20-9-10-27-17(3)15-16(2)23-21(20)27/h5-10,15H,4,11-14H2,1-3H3,(H,24,28). The zero-order chi connectivity index (χ0) is 19.7. The highest BCUT2D eigenvalue weighted by Gasteiger charge is 2.17. The van der Waals surface area contributed by atoms with Gasteiger partial charge in [0, 0.05) is 55.1 Å². The van der Waals surface area contributed by atoms with Crippen LogP contribution >= 0.6 is 0 Å². The first-order valence-corrected chi connectivity index (χ1v) is 9.89. The topological polar surface area (TPSA) is 52.9 Å². The van der Waals surface area contributed by atoms with Crippen LogP contribution in [0.15, 0.2) is 42.6 Å². The van der Waals surface area contributed by atoms with E-state index in [9.17, 15) is 4.79 Å². The summed E-state index contributed by atoms with van der Waals surface area (Å²) >= 11 is 0. The summed E-state index contributed by atoms with van der Waals surface area (Å²) in [4.78, 5) is 22.2. The number of fused-ring (bicyclic) bond motifs is 1. The highest BCUT2D eigenvalue weighted by atomic mass is 16.1. The van der Waals surface area contributed by atoms with Gasteiger partial charge in [0.1, 0.15) is 5.65 Å². The number of aromatic nitrogens is 2. The third kappa shape index (κ3) is 3.60. The van der Waals surface area contributed by atoms with Gasteiger partial charge in [-0.25, -0.2) is 4.98 Å². The number of aryl methyl sites for hydroxylation is 2. The SMILES string of the molecule is CCN1CCN(c2ccc(NC(=O)c3ccn4c(C)cc(C)nc34)cc2)CC1. The summed E-state index contributed by atoms with van der Waals surface area (Å²) in [7, 11) is 0. The first-order chi connectivity index (χ1) is 13.5. The lowest BCUT2D eigenvalue weighted by Gasteiger charge is -2.35. The zero-order valence-corrected chi connectivity index (χ0v) is 16.8. The summed E-state index contributed by atoms with van der Waals surface area (Å²) in [5, 5.41) is 3.00. The molecule has 28 heavy (non-hydrogen) atoms. The maximum absolute atomic E-state index is 12.8. The van der Waals surface area contributed by atoms with Crippen LogP contribution in [0.3, 0.4) is 0 Å². The van der Waals surface area contributed by atoms with Crippen molar-refractivity contribution < 1.29 is 4.79 Å². The number of rotatable bonds is 4. The van der Waals surface area contributed by atoms with Gasteiger partial charge >= 0.3 is 0 Å². The fraction of sp³-hybridized carbons (Fsp3) is 0.364. The Hall–Kier alpha value is -2.86. The van der Waals surface area contributed by atoms with Gasteiger partial charge in [-0.3, -0.25) is 4.79 Å². The van der Waals surface area contributed by atoms with Crippen LogP contribution in [0, 0.1) is 13.8 Å². The molecule has 2 aromatic heterocycles. The molecule has 6 nitrogen and oxygen atoms in total. The third-order valence-corrected chi connectivity index (χ3v) is 5.49.